The van der Waals surface area contributed by atoms with Crippen molar-refractivity contribution in [2.75, 3.05) is 13.7 Å². The first-order valence-electron chi connectivity index (χ1n) is 4.72. The normalized spacial score (nSPS) is 35.3. The highest BCUT2D eigenvalue weighted by Crippen LogP contribution is 2.15. The molecule has 1 saturated heterocycles. The van der Waals surface area contributed by atoms with Crippen LogP contribution in [-0.2, 0) is 9.47 Å². The second-order valence-corrected chi connectivity index (χ2v) is 3.73. The lowest BCUT2D eigenvalue weighted by atomic mass is 10.0. The minimum atomic E-state index is -0.671. The Hall–Kier alpha value is -0.160. The molecule has 0 unspecified atom stereocenters. The monoisotopic (exact) mass is 189 g/mol. The molecule has 1 rings (SSSR count). The summed E-state index contributed by atoms with van der Waals surface area (Å²) < 4.78 is 10.4. The van der Waals surface area contributed by atoms with Crippen LogP contribution in [0.25, 0.3) is 0 Å². The summed E-state index contributed by atoms with van der Waals surface area (Å²) in [5.41, 5.74) is 0. The van der Waals surface area contributed by atoms with Crippen LogP contribution >= 0.6 is 0 Å². The van der Waals surface area contributed by atoms with Gasteiger partial charge in [0.1, 0.15) is 0 Å². The van der Waals surface area contributed by atoms with Crippen LogP contribution in [0.5, 0.6) is 0 Å². The van der Waals surface area contributed by atoms with Crippen LogP contribution in [0, 0.1) is 0 Å². The molecule has 0 bridgehead atoms. The summed E-state index contributed by atoms with van der Waals surface area (Å²) in [4.78, 5) is 0. The summed E-state index contributed by atoms with van der Waals surface area (Å²) in [5, 5.41) is 12.6. The molecule has 0 aromatic rings. The van der Waals surface area contributed by atoms with Crippen LogP contribution in [-0.4, -0.2) is 43.3 Å². The second kappa shape index (κ2) is 4.91. The number of rotatable bonds is 3. The van der Waals surface area contributed by atoms with E-state index in [1.807, 2.05) is 0 Å². The molecule has 0 saturated carbocycles. The molecule has 0 radical (unpaired) electrons. The molecule has 0 amide bonds. The van der Waals surface area contributed by atoms with E-state index >= 15 is 0 Å². The van der Waals surface area contributed by atoms with Crippen LogP contribution < -0.4 is 5.32 Å². The summed E-state index contributed by atoms with van der Waals surface area (Å²) in [5.74, 6) is 0. The molecule has 2 N–H and O–H groups in total. The Morgan fingerprint density at radius 3 is 2.77 bits per heavy atom. The minimum absolute atomic E-state index is 0.0474. The van der Waals surface area contributed by atoms with E-state index in [1.54, 1.807) is 7.11 Å². The van der Waals surface area contributed by atoms with Crippen molar-refractivity contribution in [3.63, 3.8) is 0 Å². The molecule has 0 spiro atoms. The Bertz CT molecular complexity index is 152. The van der Waals surface area contributed by atoms with Gasteiger partial charge in [0.15, 0.2) is 6.29 Å². The highest BCUT2D eigenvalue weighted by Gasteiger charge is 2.30. The zero-order valence-corrected chi connectivity index (χ0v) is 8.49. The largest absolute Gasteiger partial charge is 0.380 e. The molecule has 1 aliphatic rings. The van der Waals surface area contributed by atoms with Crippen LogP contribution in [0.3, 0.4) is 0 Å². The quantitative estimate of drug-likeness (QED) is 0.661. The van der Waals surface area contributed by atoms with Gasteiger partial charge in [0, 0.05) is 19.6 Å². The number of hydrogen-bond acceptors (Lipinski definition) is 4. The van der Waals surface area contributed by atoms with Crippen LogP contribution in [0.1, 0.15) is 20.3 Å². The van der Waals surface area contributed by atoms with Crippen molar-refractivity contribution < 1.29 is 14.6 Å². The van der Waals surface area contributed by atoms with Crippen LogP contribution in [0.4, 0.5) is 0 Å². The van der Waals surface area contributed by atoms with Gasteiger partial charge in [-0.15, -0.1) is 0 Å². The first-order valence-corrected chi connectivity index (χ1v) is 4.72. The lowest BCUT2D eigenvalue weighted by Crippen LogP contribution is -2.52. The van der Waals surface area contributed by atoms with Gasteiger partial charge in [-0.1, -0.05) is 13.8 Å². The van der Waals surface area contributed by atoms with Gasteiger partial charge in [-0.3, -0.25) is 0 Å². The summed E-state index contributed by atoms with van der Waals surface area (Å²) in [6.07, 6.45) is -0.0812. The van der Waals surface area contributed by atoms with Gasteiger partial charge in [-0.2, -0.15) is 0 Å². The van der Waals surface area contributed by atoms with Gasteiger partial charge in [0.05, 0.1) is 18.8 Å². The Labute approximate surface area is 79.2 Å². The Morgan fingerprint density at radius 2 is 2.23 bits per heavy atom. The molecule has 0 aromatic heterocycles. The smallest absolute Gasteiger partial charge is 0.157 e. The highest BCUT2D eigenvalue weighted by atomic mass is 16.6. The van der Waals surface area contributed by atoms with E-state index in [0.29, 0.717) is 19.1 Å². The highest BCUT2D eigenvalue weighted by molar-refractivity contribution is 4.82. The molecule has 0 aromatic carbocycles. The topological polar surface area (TPSA) is 50.7 Å². The summed E-state index contributed by atoms with van der Waals surface area (Å²) in [6, 6.07) is 0.592. The fourth-order valence-corrected chi connectivity index (χ4v) is 1.60. The van der Waals surface area contributed by atoms with Gasteiger partial charge in [-0.25, -0.2) is 0 Å². The Morgan fingerprint density at radius 1 is 1.54 bits per heavy atom. The van der Waals surface area contributed by atoms with Crippen molar-refractivity contribution in [2.24, 2.45) is 0 Å². The standard InChI is InChI=1S/C9H19NO3/c1-6(2)10-7-5-13-9(11)4-8(7)12-3/h6-11H,4-5H2,1-3H3/t7-,8-,9+/m0/s1. The molecule has 3 atom stereocenters. The zero-order chi connectivity index (χ0) is 9.84. The van der Waals surface area contributed by atoms with Gasteiger partial charge in [0.25, 0.3) is 0 Å². The van der Waals surface area contributed by atoms with Crippen molar-refractivity contribution in [1.29, 1.82) is 0 Å². The summed E-state index contributed by atoms with van der Waals surface area (Å²) in [6.45, 7) is 4.67. The molecule has 13 heavy (non-hydrogen) atoms. The van der Waals surface area contributed by atoms with Gasteiger partial charge < -0.3 is 19.9 Å². The van der Waals surface area contributed by atoms with E-state index in [-0.39, 0.29) is 12.1 Å². The summed E-state index contributed by atoms with van der Waals surface area (Å²) in [7, 11) is 1.66. The average molecular weight is 189 g/mol. The molecule has 4 heteroatoms. The van der Waals surface area contributed by atoms with Gasteiger partial charge >= 0.3 is 0 Å². The molecular weight excluding hydrogens is 170 g/mol. The van der Waals surface area contributed by atoms with Crippen LogP contribution in [0.15, 0.2) is 0 Å². The third-order valence-electron chi connectivity index (χ3n) is 2.20. The van der Waals surface area contributed by atoms with Crippen LogP contribution in [0.2, 0.25) is 0 Å². The Balaban J connectivity index is 2.42. The van der Waals surface area contributed by atoms with E-state index in [0.717, 1.165) is 0 Å². The molecule has 0 aliphatic carbocycles. The van der Waals surface area contributed by atoms with E-state index in [9.17, 15) is 5.11 Å². The van der Waals surface area contributed by atoms with E-state index in [4.69, 9.17) is 9.47 Å². The number of aliphatic hydroxyl groups excluding tert-OH is 1. The second-order valence-electron chi connectivity index (χ2n) is 3.73. The van der Waals surface area contributed by atoms with Crippen molar-refractivity contribution in [3.05, 3.63) is 0 Å². The number of methoxy groups -OCH3 is 1. The molecule has 4 nitrogen and oxygen atoms in total. The lowest BCUT2D eigenvalue weighted by Gasteiger charge is -2.34. The van der Waals surface area contributed by atoms with Gasteiger partial charge in [-0.05, 0) is 0 Å². The number of hydrogen-bond donors (Lipinski definition) is 2. The van der Waals surface area contributed by atoms with Gasteiger partial charge in [0.2, 0.25) is 0 Å². The van der Waals surface area contributed by atoms with Crippen molar-refractivity contribution in [3.8, 4) is 0 Å². The zero-order valence-electron chi connectivity index (χ0n) is 8.49. The minimum Gasteiger partial charge on any atom is -0.380 e. The van der Waals surface area contributed by atoms with Crippen molar-refractivity contribution in [1.82, 2.24) is 5.32 Å². The molecule has 1 aliphatic heterocycles. The number of nitrogens with one attached hydrogen (secondary N) is 1. The fourth-order valence-electron chi connectivity index (χ4n) is 1.60. The fraction of sp³-hybridized carbons (Fsp3) is 1.00. The first-order chi connectivity index (χ1) is 6.13. The summed E-state index contributed by atoms with van der Waals surface area (Å²) >= 11 is 0. The Kier molecular flexibility index (Phi) is 4.12. The maximum atomic E-state index is 9.23. The SMILES string of the molecule is CO[C@H]1C[C@H](O)OC[C@@H]1NC(C)C. The van der Waals surface area contributed by atoms with Crippen molar-refractivity contribution >= 4 is 0 Å². The van der Waals surface area contributed by atoms with E-state index < -0.39 is 6.29 Å². The molecule has 78 valence electrons. The van der Waals surface area contributed by atoms with Crippen molar-refractivity contribution in [2.45, 2.75) is 44.7 Å². The molecular formula is C9H19NO3. The van der Waals surface area contributed by atoms with E-state index in [2.05, 4.69) is 19.2 Å². The predicted octanol–water partition coefficient (Wildman–Crippen LogP) is 0.107. The maximum Gasteiger partial charge on any atom is 0.157 e. The lowest BCUT2D eigenvalue weighted by molar-refractivity contribution is -0.170. The number of aliphatic hydroxyl groups is 1. The molecule has 1 heterocycles. The predicted molar refractivity (Wildman–Crippen MR) is 49.4 cm³/mol. The third-order valence-corrected chi connectivity index (χ3v) is 2.20. The number of ether oxygens (including phenoxy) is 2. The van der Waals surface area contributed by atoms with E-state index in [1.165, 1.54) is 0 Å². The molecule has 1 fully saturated rings. The first kappa shape index (κ1) is 10.9. The average Bonchev–Trinajstić information content (AvgIpc) is 2.07. The maximum absolute atomic E-state index is 9.23. The third kappa shape index (κ3) is 3.23.